The topological polar surface area (TPSA) is 71.5 Å². The third kappa shape index (κ3) is 6.30. The van der Waals surface area contributed by atoms with Crippen molar-refractivity contribution < 1.29 is 14.3 Å². The SMILES string of the molecule is C#Cc1cccc(N(CC(=O)NC)C(=O)/C=C/c2cccc(OCc3csc(C)n3)c2)c1. The van der Waals surface area contributed by atoms with Crippen LogP contribution in [0.3, 0.4) is 0 Å². The lowest BCUT2D eigenvalue weighted by Gasteiger charge is -2.20. The number of carbonyl (C=O) groups excluding carboxylic acids is 2. The van der Waals surface area contributed by atoms with Gasteiger partial charge in [-0.25, -0.2) is 4.98 Å². The van der Waals surface area contributed by atoms with Crippen molar-refractivity contribution >= 4 is 34.9 Å². The minimum absolute atomic E-state index is 0.121. The van der Waals surface area contributed by atoms with E-state index in [2.05, 4.69) is 16.2 Å². The Morgan fingerprint density at radius 2 is 2.06 bits per heavy atom. The van der Waals surface area contributed by atoms with Gasteiger partial charge in [0.2, 0.25) is 5.91 Å². The number of nitrogens with zero attached hydrogens (tertiary/aromatic N) is 2. The lowest BCUT2D eigenvalue weighted by atomic mass is 10.1. The molecular weight excluding hydrogens is 422 g/mol. The molecule has 2 amide bonds. The first-order valence-electron chi connectivity index (χ1n) is 9.89. The van der Waals surface area contributed by atoms with E-state index in [1.165, 1.54) is 18.0 Å². The van der Waals surface area contributed by atoms with Crippen molar-refractivity contribution in [3.05, 3.63) is 81.8 Å². The number of hydrogen-bond donors (Lipinski definition) is 1. The van der Waals surface area contributed by atoms with Gasteiger partial charge in [-0.3, -0.25) is 14.5 Å². The van der Waals surface area contributed by atoms with Crippen molar-refractivity contribution in [1.82, 2.24) is 10.3 Å². The Kier molecular flexibility index (Phi) is 7.79. The molecule has 1 heterocycles. The fourth-order valence-corrected chi connectivity index (χ4v) is 3.48. The first-order chi connectivity index (χ1) is 15.5. The standard InChI is InChI=1S/C25H23N3O3S/c1-4-19-7-5-9-22(13-19)28(15-24(29)26-3)25(30)12-11-20-8-6-10-23(14-20)31-16-21-17-32-18(2)27-21/h1,5-14,17H,15-16H2,2-3H3,(H,26,29)/b12-11+. The molecule has 7 heteroatoms. The van der Waals surface area contributed by atoms with Crippen LogP contribution >= 0.6 is 11.3 Å². The quantitative estimate of drug-likeness (QED) is 0.423. The van der Waals surface area contributed by atoms with Gasteiger partial charge in [0.05, 0.1) is 10.7 Å². The van der Waals surface area contributed by atoms with Crippen molar-refractivity contribution in [2.45, 2.75) is 13.5 Å². The number of terminal acetylenes is 1. The summed E-state index contributed by atoms with van der Waals surface area (Å²) in [5.74, 6) is 2.59. The molecule has 3 aromatic rings. The van der Waals surface area contributed by atoms with Crippen LogP contribution in [0.4, 0.5) is 5.69 Å². The third-order valence-electron chi connectivity index (χ3n) is 4.50. The van der Waals surface area contributed by atoms with Crippen LogP contribution in [0.25, 0.3) is 6.08 Å². The second kappa shape index (κ2) is 10.9. The summed E-state index contributed by atoms with van der Waals surface area (Å²) in [7, 11) is 1.52. The van der Waals surface area contributed by atoms with Crippen LogP contribution in [0.2, 0.25) is 0 Å². The molecule has 3 rings (SSSR count). The van der Waals surface area contributed by atoms with E-state index in [1.54, 1.807) is 41.7 Å². The first-order valence-corrected chi connectivity index (χ1v) is 10.8. The van der Waals surface area contributed by atoms with E-state index >= 15 is 0 Å². The highest BCUT2D eigenvalue weighted by molar-refractivity contribution is 7.09. The van der Waals surface area contributed by atoms with Crippen LogP contribution in [-0.2, 0) is 16.2 Å². The zero-order valence-corrected chi connectivity index (χ0v) is 18.7. The molecule has 0 fully saturated rings. The Balaban J connectivity index is 1.74. The van der Waals surface area contributed by atoms with Gasteiger partial charge in [0.15, 0.2) is 0 Å². The van der Waals surface area contributed by atoms with E-state index in [0.29, 0.717) is 23.6 Å². The number of hydrogen-bond acceptors (Lipinski definition) is 5. The summed E-state index contributed by atoms with van der Waals surface area (Å²) in [5, 5.41) is 5.50. The molecule has 0 atom stereocenters. The smallest absolute Gasteiger partial charge is 0.251 e. The molecule has 0 aliphatic carbocycles. The molecule has 6 nitrogen and oxygen atoms in total. The number of aryl methyl sites for hydroxylation is 1. The number of amides is 2. The highest BCUT2D eigenvalue weighted by Crippen LogP contribution is 2.19. The molecule has 0 saturated carbocycles. The number of ether oxygens (including phenoxy) is 1. The van der Waals surface area contributed by atoms with Crippen molar-refractivity contribution in [3.8, 4) is 18.1 Å². The van der Waals surface area contributed by atoms with Crippen LogP contribution in [0, 0.1) is 19.3 Å². The zero-order valence-electron chi connectivity index (χ0n) is 17.9. The van der Waals surface area contributed by atoms with E-state index in [1.807, 2.05) is 36.6 Å². The normalized spacial score (nSPS) is 10.5. The summed E-state index contributed by atoms with van der Waals surface area (Å²) in [4.78, 5) is 30.7. The number of thiazole rings is 1. The highest BCUT2D eigenvalue weighted by Gasteiger charge is 2.17. The highest BCUT2D eigenvalue weighted by atomic mass is 32.1. The average Bonchev–Trinajstić information content (AvgIpc) is 3.24. The number of nitrogens with one attached hydrogen (secondary N) is 1. The predicted octanol–water partition coefficient (Wildman–Crippen LogP) is 3.80. The average molecular weight is 446 g/mol. The second-order valence-corrected chi connectivity index (χ2v) is 7.91. The van der Waals surface area contributed by atoms with Gasteiger partial charge < -0.3 is 10.1 Å². The maximum atomic E-state index is 12.9. The van der Waals surface area contributed by atoms with Crippen LogP contribution in [0.1, 0.15) is 21.8 Å². The lowest BCUT2D eigenvalue weighted by Crippen LogP contribution is -2.39. The van der Waals surface area contributed by atoms with E-state index in [4.69, 9.17) is 11.2 Å². The zero-order chi connectivity index (χ0) is 22.9. The summed E-state index contributed by atoms with van der Waals surface area (Å²) in [5.41, 5.74) is 2.85. The Hall–Kier alpha value is -3.89. The number of carbonyl (C=O) groups is 2. The largest absolute Gasteiger partial charge is 0.487 e. The molecule has 1 N–H and O–H groups in total. The molecule has 0 saturated heterocycles. The van der Waals surface area contributed by atoms with Gasteiger partial charge in [0.1, 0.15) is 18.9 Å². The molecule has 32 heavy (non-hydrogen) atoms. The monoisotopic (exact) mass is 445 g/mol. The predicted molar refractivity (Wildman–Crippen MR) is 127 cm³/mol. The molecular formula is C25H23N3O3S. The van der Waals surface area contributed by atoms with Gasteiger partial charge in [0.25, 0.3) is 5.91 Å². The van der Waals surface area contributed by atoms with Crippen LogP contribution < -0.4 is 15.0 Å². The van der Waals surface area contributed by atoms with E-state index in [9.17, 15) is 9.59 Å². The Bertz CT molecular complexity index is 1180. The maximum absolute atomic E-state index is 12.9. The minimum atomic E-state index is -0.341. The van der Waals surface area contributed by atoms with Gasteiger partial charge >= 0.3 is 0 Å². The van der Waals surface area contributed by atoms with Crippen molar-refractivity contribution in [3.63, 3.8) is 0 Å². The Labute approximate surface area is 191 Å². The summed E-state index contributed by atoms with van der Waals surface area (Å²) < 4.78 is 5.81. The number of anilines is 1. The van der Waals surface area contributed by atoms with Gasteiger partial charge in [-0.15, -0.1) is 17.8 Å². The fraction of sp³-hybridized carbons (Fsp3) is 0.160. The molecule has 2 aromatic carbocycles. The summed E-state index contributed by atoms with van der Waals surface area (Å²) in [6.45, 7) is 2.21. The molecule has 0 unspecified atom stereocenters. The van der Waals surface area contributed by atoms with Crippen LogP contribution in [-0.4, -0.2) is 30.4 Å². The molecule has 0 spiro atoms. The maximum Gasteiger partial charge on any atom is 0.251 e. The number of benzene rings is 2. The molecule has 0 aliphatic rings. The Morgan fingerprint density at radius 3 is 2.78 bits per heavy atom. The Morgan fingerprint density at radius 1 is 1.25 bits per heavy atom. The number of aromatic nitrogens is 1. The van der Waals surface area contributed by atoms with Gasteiger partial charge in [-0.05, 0) is 48.9 Å². The first kappa shape index (κ1) is 22.8. The number of rotatable bonds is 8. The molecule has 1 aromatic heterocycles. The van der Waals surface area contributed by atoms with Crippen LogP contribution in [0.5, 0.6) is 5.75 Å². The number of likely N-dealkylation sites (N-methyl/N-ethyl adjacent to an activating group) is 1. The summed E-state index contributed by atoms with van der Waals surface area (Å²) in [6.07, 6.45) is 8.58. The summed E-state index contributed by atoms with van der Waals surface area (Å²) in [6, 6.07) is 14.4. The lowest BCUT2D eigenvalue weighted by molar-refractivity contribution is -0.121. The van der Waals surface area contributed by atoms with Crippen molar-refractivity contribution in [2.75, 3.05) is 18.5 Å². The van der Waals surface area contributed by atoms with Gasteiger partial charge in [-0.2, -0.15) is 0 Å². The molecule has 0 radical (unpaired) electrons. The summed E-state index contributed by atoms with van der Waals surface area (Å²) >= 11 is 1.58. The van der Waals surface area contributed by atoms with Gasteiger partial charge in [0, 0.05) is 29.8 Å². The van der Waals surface area contributed by atoms with E-state index in [-0.39, 0.29) is 18.4 Å². The third-order valence-corrected chi connectivity index (χ3v) is 5.32. The fourth-order valence-electron chi connectivity index (χ4n) is 2.88. The van der Waals surface area contributed by atoms with Crippen molar-refractivity contribution in [1.29, 1.82) is 0 Å². The molecule has 0 aliphatic heterocycles. The van der Waals surface area contributed by atoms with E-state index < -0.39 is 0 Å². The van der Waals surface area contributed by atoms with E-state index in [0.717, 1.165) is 16.3 Å². The van der Waals surface area contributed by atoms with Crippen molar-refractivity contribution in [2.24, 2.45) is 0 Å². The molecule has 0 bridgehead atoms. The molecule has 162 valence electrons. The van der Waals surface area contributed by atoms with Gasteiger partial charge in [-0.1, -0.05) is 24.1 Å². The van der Waals surface area contributed by atoms with Crippen LogP contribution in [0.15, 0.2) is 60.0 Å². The second-order valence-electron chi connectivity index (χ2n) is 6.84. The minimum Gasteiger partial charge on any atom is -0.487 e.